The standard InChI is InChI=1S/C16H21F2N3O2.ClH/c1-19-6-2-3-15(22)20-7-9-21(10-8-20)16(23)13-5-4-12(17)11-14(13)18;/h4-5,11,19H,2-3,6-10H2,1H3;1H. The van der Waals surface area contributed by atoms with Gasteiger partial charge in [0, 0.05) is 38.7 Å². The third kappa shape index (κ3) is 5.14. The first-order valence-corrected chi connectivity index (χ1v) is 7.69. The molecule has 1 aliphatic heterocycles. The fraction of sp³-hybridized carbons (Fsp3) is 0.500. The van der Waals surface area contributed by atoms with Gasteiger partial charge in [-0.1, -0.05) is 0 Å². The Bertz CT molecular complexity index is 578. The van der Waals surface area contributed by atoms with Crippen molar-refractivity contribution in [2.24, 2.45) is 0 Å². The maximum absolute atomic E-state index is 13.7. The summed E-state index contributed by atoms with van der Waals surface area (Å²) in [6.45, 7) is 2.37. The van der Waals surface area contributed by atoms with Crippen LogP contribution in [0.1, 0.15) is 23.2 Å². The Morgan fingerprint density at radius 3 is 2.33 bits per heavy atom. The van der Waals surface area contributed by atoms with Crippen molar-refractivity contribution in [3.05, 3.63) is 35.4 Å². The fourth-order valence-corrected chi connectivity index (χ4v) is 2.57. The third-order valence-electron chi connectivity index (χ3n) is 3.90. The summed E-state index contributed by atoms with van der Waals surface area (Å²) in [4.78, 5) is 27.5. The summed E-state index contributed by atoms with van der Waals surface area (Å²) >= 11 is 0. The smallest absolute Gasteiger partial charge is 0.256 e. The maximum Gasteiger partial charge on any atom is 0.256 e. The van der Waals surface area contributed by atoms with Crippen LogP contribution in [0.5, 0.6) is 0 Å². The lowest BCUT2D eigenvalue weighted by Crippen LogP contribution is -2.50. The van der Waals surface area contributed by atoms with Gasteiger partial charge in [-0.3, -0.25) is 9.59 Å². The Balaban J connectivity index is 0.00000288. The molecule has 134 valence electrons. The first-order chi connectivity index (χ1) is 11.0. The summed E-state index contributed by atoms with van der Waals surface area (Å²) < 4.78 is 26.6. The largest absolute Gasteiger partial charge is 0.339 e. The van der Waals surface area contributed by atoms with Crippen molar-refractivity contribution in [3.8, 4) is 0 Å². The number of nitrogens with zero attached hydrogens (tertiary/aromatic N) is 2. The van der Waals surface area contributed by atoms with E-state index < -0.39 is 17.5 Å². The quantitative estimate of drug-likeness (QED) is 0.812. The van der Waals surface area contributed by atoms with Crippen molar-refractivity contribution < 1.29 is 18.4 Å². The van der Waals surface area contributed by atoms with E-state index in [1.807, 2.05) is 7.05 Å². The highest BCUT2D eigenvalue weighted by Crippen LogP contribution is 2.14. The minimum Gasteiger partial charge on any atom is -0.339 e. The van der Waals surface area contributed by atoms with Gasteiger partial charge in [-0.05, 0) is 32.1 Å². The zero-order valence-electron chi connectivity index (χ0n) is 13.6. The third-order valence-corrected chi connectivity index (χ3v) is 3.90. The molecular formula is C16H22ClF2N3O2. The highest BCUT2D eigenvalue weighted by molar-refractivity contribution is 5.94. The Morgan fingerprint density at radius 2 is 1.75 bits per heavy atom. The van der Waals surface area contributed by atoms with E-state index in [0.29, 0.717) is 38.7 Å². The molecule has 0 aliphatic carbocycles. The Hall–Kier alpha value is -1.73. The second-order valence-electron chi connectivity index (χ2n) is 5.50. The van der Waals surface area contributed by atoms with Crippen LogP contribution >= 0.6 is 12.4 Å². The molecule has 0 bridgehead atoms. The average Bonchev–Trinajstić information content (AvgIpc) is 2.54. The molecule has 0 unspecified atom stereocenters. The average molecular weight is 362 g/mol. The second kappa shape index (κ2) is 9.54. The molecule has 2 amide bonds. The number of hydrogen-bond donors (Lipinski definition) is 1. The van der Waals surface area contributed by atoms with Crippen molar-refractivity contribution >= 4 is 24.2 Å². The molecule has 0 atom stereocenters. The Kier molecular flexibility index (Phi) is 8.07. The van der Waals surface area contributed by atoms with Gasteiger partial charge in [-0.15, -0.1) is 12.4 Å². The van der Waals surface area contributed by atoms with E-state index in [2.05, 4.69) is 5.32 Å². The van der Waals surface area contributed by atoms with E-state index in [9.17, 15) is 18.4 Å². The summed E-state index contributed by atoms with van der Waals surface area (Å²) in [5.41, 5.74) is -0.139. The first kappa shape index (κ1) is 20.3. The number of benzene rings is 1. The molecule has 2 rings (SSSR count). The molecule has 1 heterocycles. The summed E-state index contributed by atoms with van der Waals surface area (Å²) in [5, 5.41) is 2.99. The first-order valence-electron chi connectivity index (χ1n) is 7.69. The second-order valence-corrected chi connectivity index (χ2v) is 5.50. The lowest BCUT2D eigenvalue weighted by Gasteiger charge is -2.35. The van der Waals surface area contributed by atoms with E-state index in [1.165, 1.54) is 4.90 Å². The summed E-state index contributed by atoms with van der Waals surface area (Å²) in [6.07, 6.45) is 1.25. The molecule has 1 aromatic rings. The predicted molar refractivity (Wildman–Crippen MR) is 89.3 cm³/mol. The maximum atomic E-state index is 13.7. The molecule has 1 aliphatic rings. The Morgan fingerprint density at radius 1 is 1.12 bits per heavy atom. The number of piperazine rings is 1. The Labute approximate surface area is 146 Å². The molecule has 0 radical (unpaired) electrons. The fourth-order valence-electron chi connectivity index (χ4n) is 2.57. The van der Waals surface area contributed by atoms with Crippen LogP contribution in [0.25, 0.3) is 0 Å². The van der Waals surface area contributed by atoms with Crippen LogP contribution in [0.4, 0.5) is 8.78 Å². The SMILES string of the molecule is CNCCCC(=O)N1CCN(C(=O)c2ccc(F)cc2F)CC1.Cl. The highest BCUT2D eigenvalue weighted by Gasteiger charge is 2.26. The molecule has 0 saturated carbocycles. The number of nitrogens with one attached hydrogen (secondary N) is 1. The number of halogens is 3. The number of hydrogen-bond acceptors (Lipinski definition) is 3. The lowest BCUT2D eigenvalue weighted by atomic mass is 10.1. The molecule has 1 aromatic carbocycles. The van der Waals surface area contributed by atoms with Crippen molar-refractivity contribution in [3.63, 3.8) is 0 Å². The summed E-state index contributed by atoms with van der Waals surface area (Å²) in [6, 6.07) is 2.93. The van der Waals surface area contributed by atoms with Crippen LogP contribution in [-0.2, 0) is 4.79 Å². The minimum atomic E-state index is -0.861. The lowest BCUT2D eigenvalue weighted by molar-refractivity contribution is -0.132. The van der Waals surface area contributed by atoms with Crippen LogP contribution < -0.4 is 5.32 Å². The van der Waals surface area contributed by atoms with Crippen LogP contribution in [0.15, 0.2) is 18.2 Å². The number of rotatable bonds is 5. The normalized spacial score (nSPS) is 14.3. The van der Waals surface area contributed by atoms with E-state index in [-0.39, 0.29) is 23.9 Å². The minimum absolute atomic E-state index is 0. The van der Waals surface area contributed by atoms with Crippen molar-refractivity contribution in [2.45, 2.75) is 12.8 Å². The van der Waals surface area contributed by atoms with E-state index in [4.69, 9.17) is 0 Å². The van der Waals surface area contributed by atoms with Gasteiger partial charge < -0.3 is 15.1 Å². The molecule has 8 heteroatoms. The van der Waals surface area contributed by atoms with Crippen LogP contribution in [0, 0.1) is 11.6 Å². The van der Waals surface area contributed by atoms with E-state index in [1.54, 1.807) is 4.90 Å². The topological polar surface area (TPSA) is 52.7 Å². The van der Waals surface area contributed by atoms with Gasteiger partial charge in [0.1, 0.15) is 11.6 Å². The zero-order chi connectivity index (χ0) is 16.8. The van der Waals surface area contributed by atoms with Crippen molar-refractivity contribution in [2.75, 3.05) is 39.8 Å². The molecule has 0 aromatic heterocycles. The molecule has 1 saturated heterocycles. The molecule has 0 spiro atoms. The van der Waals surface area contributed by atoms with E-state index >= 15 is 0 Å². The monoisotopic (exact) mass is 361 g/mol. The van der Waals surface area contributed by atoms with Gasteiger partial charge in [0.15, 0.2) is 0 Å². The summed E-state index contributed by atoms with van der Waals surface area (Å²) in [7, 11) is 1.84. The van der Waals surface area contributed by atoms with Gasteiger partial charge in [-0.2, -0.15) is 0 Å². The van der Waals surface area contributed by atoms with E-state index in [0.717, 1.165) is 25.1 Å². The number of carbonyl (C=O) groups is 2. The van der Waals surface area contributed by atoms with Gasteiger partial charge in [0.2, 0.25) is 5.91 Å². The van der Waals surface area contributed by atoms with Crippen molar-refractivity contribution in [1.82, 2.24) is 15.1 Å². The molecule has 5 nitrogen and oxygen atoms in total. The van der Waals surface area contributed by atoms with Crippen molar-refractivity contribution in [1.29, 1.82) is 0 Å². The highest BCUT2D eigenvalue weighted by atomic mass is 35.5. The molecular weight excluding hydrogens is 340 g/mol. The summed E-state index contributed by atoms with van der Waals surface area (Å²) in [5.74, 6) is -1.97. The van der Waals surface area contributed by atoms with Gasteiger partial charge in [0.25, 0.3) is 5.91 Å². The molecule has 1 fully saturated rings. The van der Waals surface area contributed by atoms with Crippen LogP contribution in [0.3, 0.4) is 0 Å². The number of amides is 2. The molecule has 1 N–H and O–H groups in total. The van der Waals surface area contributed by atoms with Crippen LogP contribution in [-0.4, -0.2) is 61.4 Å². The number of carbonyl (C=O) groups excluding carboxylic acids is 2. The zero-order valence-corrected chi connectivity index (χ0v) is 14.4. The van der Waals surface area contributed by atoms with Gasteiger partial charge in [0.05, 0.1) is 5.56 Å². The molecule has 24 heavy (non-hydrogen) atoms. The van der Waals surface area contributed by atoms with Crippen LogP contribution in [0.2, 0.25) is 0 Å². The van der Waals surface area contributed by atoms with Gasteiger partial charge in [-0.25, -0.2) is 8.78 Å². The predicted octanol–water partition coefficient (Wildman–Crippen LogP) is 1.67. The van der Waals surface area contributed by atoms with Gasteiger partial charge >= 0.3 is 0 Å².